The van der Waals surface area contributed by atoms with Crippen LogP contribution in [0.2, 0.25) is 0 Å². The highest BCUT2D eigenvalue weighted by atomic mass is 32.2. The average molecular weight is 496 g/mol. The number of rotatable bonds is 6. The van der Waals surface area contributed by atoms with Crippen LogP contribution in [-0.4, -0.2) is 38.6 Å². The lowest BCUT2D eigenvalue weighted by Gasteiger charge is -2.22. The van der Waals surface area contributed by atoms with Crippen LogP contribution in [0.4, 0.5) is 17.1 Å². The molecule has 0 amide bonds. The van der Waals surface area contributed by atoms with Crippen LogP contribution in [-0.2, 0) is 0 Å². The van der Waals surface area contributed by atoms with Gasteiger partial charge in [-0.3, -0.25) is 25.0 Å². The minimum absolute atomic E-state index is 0.00103. The third kappa shape index (κ3) is 5.19. The van der Waals surface area contributed by atoms with Crippen LogP contribution in [0.15, 0.2) is 52.3 Å². The van der Waals surface area contributed by atoms with Gasteiger partial charge in [-0.1, -0.05) is 24.6 Å². The zero-order chi connectivity index (χ0) is 25.1. The largest absolute Gasteiger partial charge is 0.366 e. The molecule has 182 valence electrons. The number of nitrogens with zero attached hydrogens (tertiary/aromatic N) is 5. The fraction of sp³-hybridized carbons (Fsp3) is 0.333. The molecule has 0 spiro atoms. The molecule has 3 aromatic rings. The van der Waals surface area contributed by atoms with E-state index in [2.05, 4.69) is 5.10 Å². The molecular weight excluding hydrogens is 470 g/mol. The van der Waals surface area contributed by atoms with Gasteiger partial charge in [-0.25, -0.2) is 0 Å². The molecular formula is C24H25N5O5S. The van der Waals surface area contributed by atoms with Crippen molar-refractivity contribution >= 4 is 34.7 Å². The molecule has 0 saturated carbocycles. The van der Waals surface area contributed by atoms with Gasteiger partial charge in [0.15, 0.2) is 0 Å². The predicted octanol–water partition coefficient (Wildman–Crippen LogP) is 5.54. The first-order valence-electron chi connectivity index (χ1n) is 11.3. The third-order valence-electron chi connectivity index (χ3n) is 6.05. The van der Waals surface area contributed by atoms with E-state index in [9.17, 15) is 25.0 Å². The van der Waals surface area contributed by atoms with Gasteiger partial charge < -0.3 is 4.90 Å². The SMILES string of the molecule is Cc1nn(C(=O)c2ccc(N3CCCCCC3)c([N+](=O)[O-])c2)c(C)c1Sc1ccc([N+](=O)[O-])cc1. The number of nitro groups is 2. The Labute approximate surface area is 206 Å². The van der Waals surface area contributed by atoms with Gasteiger partial charge in [0.25, 0.3) is 17.3 Å². The van der Waals surface area contributed by atoms with E-state index in [4.69, 9.17) is 0 Å². The van der Waals surface area contributed by atoms with Gasteiger partial charge in [0.05, 0.1) is 26.1 Å². The van der Waals surface area contributed by atoms with Gasteiger partial charge in [0.1, 0.15) is 5.69 Å². The number of nitro benzene ring substituents is 2. The lowest BCUT2D eigenvalue weighted by molar-refractivity contribution is -0.384. The second-order valence-electron chi connectivity index (χ2n) is 8.43. The fourth-order valence-electron chi connectivity index (χ4n) is 4.23. The topological polar surface area (TPSA) is 124 Å². The predicted molar refractivity (Wildman–Crippen MR) is 132 cm³/mol. The summed E-state index contributed by atoms with van der Waals surface area (Å²) in [6.45, 7) is 5.05. The first-order chi connectivity index (χ1) is 16.8. The normalized spacial score (nSPS) is 13.9. The van der Waals surface area contributed by atoms with Gasteiger partial charge in [-0.15, -0.1) is 0 Å². The van der Waals surface area contributed by atoms with E-state index in [1.54, 1.807) is 38.1 Å². The summed E-state index contributed by atoms with van der Waals surface area (Å²) in [5, 5.41) is 27.1. The second kappa shape index (κ2) is 10.3. The van der Waals surface area contributed by atoms with E-state index < -0.39 is 15.8 Å². The highest BCUT2D eigenvalue weighted by molar-refractivity contribution is 7.99. The molecule has 11 heteroatoms. The van der Waals surface area contributed by atoms with E-state index in [1.165, 1.54) is 34.6 Å². The van der Waals surface area contributed by atoms with Crippen LogP contribution in [0.1, 0.15) is 47.4 Å². The summed E-state index contributed by atoms with van der Waals surface area (Å²) in [6, 6.07) is 10.8. The number of anilines is 1. The molecule has 2 aromatic carbocycles. The van der Waals surface area contributed by atoms with Crippen molar-refractivity contribution in [2.75, 3.05) is 18.0 Å². The summed E-state index contributed by atoms with van der Waals surface area (Å²) in [5.74, 6) is -0.452. The van der Waals surface area contributed by atoms with Crippen molar-refractivity contribution < 1.29 is 14.6 Å². The van der Waals surface area contributed by atoms with Crippen molar-refractivity contribution in [3.8, 4) is 0 Å². The number of non-ortho nitro benzene ring substituents is 1. The van der Waals surface area contributed by atoms with Crippen LogP contribution in [0.5, 0.6) is 0 Å². The molecule has 1 fully saturated rings. The highest BCUT2D eigenvalue weighted by Crippen LogP contribution is 2.35. The summed E-state index contributed by atoms with van der Waals surface area (Å²) in [4.78, 5) is 38.7. The molecule has 1 aromatic heterocycles. The van der Waals surface area contributed by atoms with Gasteiger partial charge in [0, 0.05) is 41.7 Å². The zero-order valence-electron chi connectivity index (χ0n) is 19.5. The first-order valence-corrected chi connectivity index (χ1v) is 12.1. The van der Waals surface area contributed by atoms with Gasteiger partial charge in [-0.2, -0.15) is 9.78 Å². The van der Waals surface area contributed by atoms with E-state index in [1.807, 2.05) is 4.90 Å². The van der Waals surface area contributed by atoms with Crippen molar-refractivity contribution in [2.45, 2.75) is 49.3 Å². The standard InChI is InChI=1S/C24H25N5O5S/c1-16-23(35-20-10-8-19(9-11-20)28(31)32)17(2)27(25-16)24(30)18-7-12-21(22(15-18)29(33)34)26-13-5-3-4-6-14-26/h7-12,15H,3-6,13-14H2,1-2H3. The summed E-state index contributed by atoms with van der Waals surface area (Å²) < 4.78 is 1.26. The number of benzene rings is 2. The van der Waals surface area contributed by atoms with Crippen LogP contribution < -0.4 is 4.90 Å². The second-order valence-corrected chi connectivity index (χ2v) is 9.52. The Morgan fingerprint density at radius 3 is 2.20 bits per heavy atom. The lowest BCUT2D eigenvalue weighted by atomic mass is 10.1. The van der Waals surface area contributed by atoms with Crippen LogP contribution in [0.3, 0.4) is 0 Å². The quantitative estimate of drug-likeness (QED) is 0.323. The Kier molecular flexibility index (Phi) is 7.15. The highest BCUT2D eigenvalue weighted by Gasteiger charge is 2.25. The molecule has 1 saturated heterocycles. The Balaban J connectivity index is 1.62. The summed E-state index contributed by atoms with van der Waals surface area (Å²) in [5.41, 5.74) is 1.85. The maximum Gasteiger partial charge on any atom is 0.293 e. The van der Waals surface area contributed by atoms with Crippen molar-refractivity contribution in [1.29, 1.82) is 0 Å². The molecule has 10 nitrogen and oxygen atoms in total. The number of aromatic nitrogens is 2. The van der Waals surface area contributed by atoms with Crippen LogP contribution >= 0.6 is 11.8 Å². The van der Waals surface area contributed by atoms with Gasteiger partial charge in [0.2, 0.25) is 0 Å². The summed E-state index contributed by atoms with van der Waals surface area (Å²) >= 11 is 1.35. The molecule has 1 aliphatic heterocycles. The maximum atomic E-state index is 13.3. The average Bonchev–Trinajstić information content (AvgIpc) is 3.02. The van der Waals surface area contributed by atoms with Crippen LogP contribution in [0, 0.1) is 34.1 Å². The Hall–Kier alpha value is -3.73. The molecule has 35 heavy (non-hydrogen) atoms. The van der Waals surface area contributed by atoms with Crippen molar-refractivity contribution in [3.63, 3.8) is 0 Å². The van der Waals surface area contributed by atoms with Gasteiger partial charge >= 0.3 is 0 Å². The number of hydrogen-bond donors (Lipinski definition) is 0. The third-order valence-corrected chi connectivity index (χ3v) is 7.35. The van der Waals surface area contributed by atoms with Gasteiger partial charge in [-0.05, 0) is 51.0 Å². The molecule has 0 bridgehead atoms. The number of carbonyl (C=O) groups is 1. The Bertz CT molecular complexity index is 1280. The monoisotopic (exact) mass is 495 g/mol. The zero-order valence-corrected chi connectivity index (χ0v) is 20.3. The van der Waals surface area contributed by atoms with Crippen molar-refractivity contribution in [2.24, 2.45) is 0 Å². The maximum absolute atomic E-state index is 13.3. The molecule has 0 atom stereocenters. The lowest BCUT2D eigenvalue weighted by Crippen LogP contribution is -2.25. The Morgan fingerprint density at radius 2 is 1.60 bits per heavy atom. The van der Waals surface area contributed by atoms with E-state index in [0.29, 0.717) is 17.1 Å². The molecule has 0 unspecified atom stereocenters. The molecule has 0 radical (unpaired) electrons. The first kappa shape index (κ1) is 24.4. The summed E-state index contributed by atoms with van der Waals surface area (Å²) in [7, 11) is 0. The molecule has 0 N–H and O–H groups in total. The van der Waals surface area contributed by atoms with Crippen molar-refractivity contribution in [3.05, 3.63) is 79.6 Å². The minimum Gasteiger partial charge on any atom is -0.366 e. The molecule has 0 aliphatic carbocycles. The molecule has 4 rings (SSSR count). The number of hydrogen-bond acceptors (Lipinski definition) is 8. The van der Waals surface area contributed by atoms with Crippen LogP contribution in [0.25, 0.3) is 0 Å². The summed E-state index contributed by atoms with van der Waals surface area (Å²) in [6.07, 6.45) is 4.19. The minimum atomic E-state index is -0.459. The smallest absolute Gasteiger partial charge is 0.293 e. The number of carbonyl (C=O) groups excluding carboxylic acids is 1. The number of aryl methyl sites for hydroxylation is 1. The van der Waals surface area contributed by atoms with E-state index >= 15 is 0 Å². The Morgan fingerprint density at radius 1 is 0.943 bits per heavy atom. The molecule has 2 heterocycles. The van der Waals surface area contributed by atoms with E-state index in [-0.39, 0.29) is 16.9 Å². The van der Waals surface area contributed by atoms with Crippen molar-refractivity contribution in [1.82, 2.24) is 9.78 Å². The molecule has 1 aliphatic rings. The fourth-order valence-corrected chi connectivity index (χ4v) is 5.16. The van der Waals surface area contributed by atoms with E-state index in [0.717, 1.165) is 48.6 Å².